The second-order valence-electron chi connectivity index (χ2n) is 3.97. The van der Waals surface area contributed by atoms with Gasteiger partial charge in [-0.05, 0) is 29.7 Å². The van der Waals surface area contributed by atoms with Crippen molar-refractivity contribution in [3.63, 3.8) is 0 Å². The first-order valence-corrected chi connectivity index (χ1v) is 5.79. The molecule has 0 saturated heterocycles. The maximum Gasteiger partial charge on any atom is 0.141 e. The minimum absolute atomic E-state index is 0.0993. The van der Waals surface area contributed by atoms with E-state index in [9.17, 15) is 4.39 Å². The SMILES string of the molecule is NC(Cc1ccc(F)c(Cl)c1)c1ccccc1. The van der Waals surface area contributed by atoms with Gasteiger partial charge in [-0.2, -0.15) is 0 Å². The summed E-state index contributed by atoms with van der Waals surface area (Å²) in [5.74, 6) is -0.399. The average Bonchev–Trinajstić information content (AvgIpc) is 2.35. The van der Waals surface area contributed by atoms with E-state index in [0.717, 1.165) is 11.1 Å². The Labute approximate surface area is 105 Å². The number of nitrogens with two attached hydrogens (primary N) is 1. The summed E-state index contributed by atoms with van der Waals surface area (Å²) >= 11 is 5.73. The van der Waals surface area contributed by atoms with Crippen molar-refractivity contribution in [2.24, 2.45) is 5.73 Å². The van der Waals surface area contributed by atoms with Gasteiger partial charge in [-0.1, -0.05) is 48.0 Å². The van der Waals surface area contributed by atoms with Crippen molar-refractivity contribution in [3.05, 3.63) is 70.5 Å². The van der Waals surface area contributed by atoms with E-state index in [0.29, 0.717) is 6.42 Å². The molecule has 1 unspecified atom stereocenters. The van der Waals surface area contributed by atoms with Crippen molar-refractivity contribution < 1.29 is 4.39 Å². The smallest absolute Gasteiger partial charge is 0.141 e. The largest absolute Gasteiger partial charge is 0.324 e. The number of benzene rings is 2. The fraction of sp³-hybridized carbons (Fsp3) is 0.143. The third-order valence-electron chi connectivity index (χ3n) is 2.67. The molecule has 2 aromatic carbocycles. The lowest BCUT2D eigenvalue weighted by molar-refractivity contribution is 0.626. The number of hydrogen-bond acceptors (Lipinski definition) is 1. The van der Waals surface area contributed by atoms with Crippen LogP contribution in [0.1, 0.15) is 17.2 Å². The summed E-state index contributed by atoms with van der Waals surface area (Å²) in [6.45, 7) is 0. The van der Waals surface area contributed by atoms with Gasteiger partial charge in [0.2, 0.25) is 0 Å². The monoisotopic (exact) mass is 249 g/mol. The maximum absolute atomic E-state index is 13.0. The van der Waals surface area contributed by atoms with Crippen molar-refractivity contribution in [2.45, 2.75) is 12.5 Å². The highest BCUT2D eigenvalue weighted by Gasteiger charge is 2.08. The summed E-state index contributed by atoms with van der Waals surface area (Å²) in [6, 6.07) is 14.4. The molecule has 0 aliphatic rings. The summed E-state index contributed by atoms with van der Waals surface area (Å²) in [7, 11) is 0. The molecule has 17 heavy (non-hydrogen) atoms. The standard InChI is InChI=1S/C14H13ClFN/c15-12-8-10(6-7-13(12)16)9-14(17)11-4-2-1-3-5-11/h1-8,14H,9,17H2. The fourth-order valence-corrected chi connectivity index (χ4v) is 1.94. The Hall–Kier alpha value is -1.38. The average molecular weight is 250 g/mol. The Kier molecular flexibility index (Phi) is 3.77. The lowest BCUT2D eigenvalue weighted by Gasteiger charge is -2.12. The molecule has 2 rings (SSSR count). The van der Waals surface area contributed by atoms with Crippen LogP contribution < -0.4 is 5.73 Å². The van der Waals surface area contributed by atoms with Crippen molar-refractivity contribution in [2.75, 3.05) is 0 Å². The zero-order chi connectivity index (χ0) is 12.3. The van der Waals surface area contributed by atoms with Crippen molar-refractivity contribution in [3.8, 4) is 0 Å². The molecule has 0 saturated carbocycles. The Morgan fingerprint density at radius 3 is 2.47 bits per heavy atom. The van der Waals surface area contributed by atoms with Gasteiger partial charge >= 0.3 is 0 Å². The number of hydrogen-bond donors (Lipinski definition) is 1. The molecule has 88 valence electrons. The van der Waals surface area contributed by atoms with Crippen LogP contribution in [0.15, 0.2) is 48.5 Å². The quantitative estimate of drug-likeness (QED) is 0.882. The van der Waals surface area contributed by atoms with Crippen molar-refractivity contribution >= 4 is 11.6 Å². The number of rotatable bonds is 3. The van der Waals surface area contributed by atoms with Crippen LogP contribution >= 0.6 is 11.6 Å². The van der Waals surface area contributed by atoms with E-state index in [1.165, 1.54) is 6.07 Å². The molecule has 2 aromatic rings. The van der Waals surface area contributed by atoms with Crippen molar-refractivity contribution in [1.29, 1.82) is 0 Å². The molecule has 2 N–H and O–H groups in total. The van der Waals surface area contributed by atoms with Gasteiger partial charge in [-0.3, -0.25) is 0 Å². The van der Waals surface area contributed by atoms with Crippen LogP contribution in [-0.4, -0.2) is 0 Å². The summed E-state index contributed by atoms with van der Waals surface area (Å²) in [6.07, 6.45) is 0.643. The molecule has 0 aromatic heterocycles. The van der Waals surface area contributed by atoms with E-state index in [1.807, 2.05) is 30.3 Å². The van der Waals surface area contributed by atoms with Crippen LogP contribution in [0.5, 0.6) is 0 Å². The molecule has 0 aliphatic heterocycles. The van der Waals surface area contributed by atoms with Crippen molar-refractivity contribution in [1.82, 2.24) is 0 Å². The lowest BCUT2D eigenvalue weighted by Crippen LogP contribution is -2.13. The summed E-state index contributed by atoms with van der Waals surface area (Å²) < 4.78 is 13.0. The second-order valence-corrected chi connectivity index (χ2v) is 4.38. The predicted molar refractivity (Wildman–Crippen MR) is 68.5 cm³/mol. The third kappa shape index (κ3) is 3.05. The van der Waals surface area contributed by atoms with Gasteiger partial charge in [-0.15, -0.1) is 0 Å². The van der Waals surface area contributed by atoms with E-state index < -0.39 is 5.82 Å². The Morgan fingerprint density at radius 1 is 1.12 bits per heavy atom. The van der Waals surface area contributed by atoms with Gasteiger partial charge in [-0.25, -0.2) is 4.39 Å². The second kappa shape index (κ2) is 5.30. The van der Waals surface area contributed by atoms with Crippen LogP contribution in [-0.2, 0) is 6.42 Å². The van der Waals surface area contributed by atoms with Crippen LogP contribution in [0, 0.1) is 5.82 Å². The minimum Gasteiger partial charge on any atom is -0.324 e. The minimum atomic E-state index is -0.399. The highest BCUT2D eigenvalue weighted by atomic mass is 35.5. The Balaban J connectivity index is 2.13. The molecule has 0 amide bonds. The van der Waals surface area contributed by atoms with Gasteiger partial charge < -0.3 is 5.73 Å². The Morgan fingerprint density at radius 2 is 1.82 bits per heavy atom. The Bertz CT molecular complexity index is 499. The maximum atomic E-state index is 13.0. The zero-order valence-corrected chi connectivity index (χ0v) is 9.99. The molecular formula is C14H13ClFN. The van der Waals surface area contributed by atoms with Gasteiger partial charge in [0.15, 0.2) is 0 Å². The normalized spacial score (nSPS) is 12.4. The summed E-state index contributed by atoms with van der Waals surface area (Å²) in [5, 5.41) is 0.141. The fourth-order valence-electron chi connectivity index (χ4n) is 1.74. The van der Waals surface area contributed by atoms with Gasteiger partial charge in [0.05, 0.1) is 5.02 Å². The molecular weight excluding hydrogens is 237 g/mol. The van der Waals surface area contributed by atoms with E-state index in [4.69, 9.17) is 17.3 Å². The first-order chi connectivity index (χ1) is 8.16. The number of halogens is 2. The molecule has 0 bridgehead atoms. The highest BCUT2D eigenvalue weighted by Crippen LogP contribution is 2.20. The van der Waals surface area contributed by atoms with E-state index >= 15 is 0 Å². The van der Waals surface area contributed by atoms with Crippen LogP contribution in [0.25, 0.3) is 0 Å². The lowest BCUT2D eigenvalue weighted by atomic mass is 10.00. The van der Waals surface area contributed by atoms with E-state index in [2.05, 4.69) is 0 Å². The zero-order valence-electron chi connectivity index (χ0n) is 9.24. The van der Waals surface area contributed by atoms with E-state index in [-0.39, 0.29) is 11.1 Å². The molecule has 0 spiro atoms. The van der Waals surface area contributed by atoms with Gasteiger partial charge in [0, 0.05) is 6.04 Å². The highest BCUT2D eigenvalue weighted by molar-refractivity contribution is 6.30. The molecule has 3 heteroatoms. The van der Waals surface area contributed by atoms with Crippen LogP contribution in [0.2, 0.25) is 5.02 Å². The predicted octanol–water partition coefficient (Wildman–Crippen LogP) is 3.72. The molecule has 0 aliphatic carbocycles. The molecule has 1 atom stereocenters. The van der Waals surface area contributed by atoms with Gasteiger partial charge in [0.1, 0.15) is 5.82 Å². The molecule has 0 heterocycles. The van der Waals surface area contributed by atoms with Crippen LogP contribution in [0.3, 0.4) is 0 Å². The van der Waals surface area contributed by atoms with E-state index in [1.54, 1.807) is 12.1 Å². The van der Waals surface area contributed by atoms with Gasteiger partial charge in [0.25, 0.3) is 0 Å². The first-order valence-electron chi connectivity index (χ1n) is 5.41. The molecule has 0 radical (unpaired) electrons. The molecule has 1 nitrogen and oxygen atoms in total. The summed E-state index contributed by atoms with van der Waals surface area (Å²) in [5.41, 5.74) is 8.08. The first kappa shape index (κ1) is 12.1. The third-order valence-corrected chi connectivity index (χ3v) is 2.96. The topological polar surface area (TPSA) is 26.0 Å². The van der Waals surface area contributed by atoms with Crippen LogP contribution in [0.4, 0.5) is 4.39 Å². The molecule has 0 fully saturated rings. The summed E-state index contributed by atoms with van der Waals surface area (Å²) in [4.78, 5) is 0.